The molecular formula is C16H17FN2O4. The van der Waals surface area contributed by atoms with Crippen molar-refractivity contribution >= 4 is 11.9 Å². The Balaban J connectivity index is 1.99. The third-order valence-corrected chi connectivity index (χ3v) is 3.37. The molecule has 0 radical (unpaired) electrons. The van der Waals surface area contributed by atoms with Crippen molar-refractivity contribution in [3.8, 4) is 11.5 Å². The third kappa shape index (κ3) is 4.38. The number of hydrogen-bond donors (Lipinski definition) is 1. The van der Waals surface area contributed by atoms with Gasteiger partial charge in [0.2, 0.25) is 11.8 Å². The summed E-state index contributed by atoms with van der Waals surface area (Å²) in [4.78, 5) is 28.4. The summed E-state index contributed by atoms with van der Waals surface area (Å²) < 4.78 is 18.2. The van der Waals surface area contributed by atoms with Gasteiger partial charge in [0.05, 0.1) is 18.0 Å². The molecule has 1 heterocycles. The summed E-state index contributed by atoms with van der Waals surface area (Å²) in [6.07, 6.45) is 1.37. The second-order valence-corrected chi connectivity index (χ2v) is 5.34. The smallest absolute Gasteiger partial charge is 0.308 e. The minimum atomic E-state index is -0.954. The number of nitrogens with zero attached hydrogens (tertiary/aromatic N) is 2. The maximum absolute atomic E-state index is 12.9. The van der Waals surface area contributed by atoms with E-state index in [2.05, 4.69) is 4.98 Å². The maximum Gasteiger partial charge on any atom is 0.308 e. The number of oxazole rings is 1. The van der Waals surface area contributed by atoms with Crippen LogP contribution in [0, 0.1) is 11.7 Å². The van der Waals surface area contributed by atoms with Crippen molar-refractivity contribution in [2.45, 2.75) is 13.3 Å². The van der Waals surface area contributed by atoms with Gasteiger partial charge in [-0.3, -0.25) is 9.59 Å². The number of likely N-dealkylation sites (N-methyl/N-ethyl adjacent to an activating group) is 1. The monoisotopic (exact) mass is 320 g/mol. The van der Waals surface area contributed by atoms with Crippen molar-refractivity contribution in [2.75, 3.05) is 13.6 Å². The van der Waals surface area contributed by atoms with Gasteiger partial charge in [0.15, 0.2) is 0 Å². The van der Waals surface area contributed by atoms with Gasteiger partial charge in [-0.2, -0.15) is 0 Å². The van der Waals surface area contributed by atoms with Gasteiger partial charge < -0.3 is 14.4 Å². The van der Waals surface area contributed by atoms with Crippen LogP contribution in [-0.4, -0.2) is 40.5 Å². The molecule has 2 rings (SSSR count). The Labute approximate surface area is 132 Å². The Morgan fingerprint density at radius 2 is 2.00 bits per heavy atom. The number of carboxylic acids is 1. The highest BCUT2D eigenvalue weighted by Crippen LogP contribution is 2.19. The molecule has 122 valence electrons. The quantitative estimate of drug-likeness (QED) is 0.882. The van der Waals surface area contributed by atoms with Crippen LogP contribution in [0.25, 0.3) is 11.5 Å². The number of aromatic nitrogens is 1. The summed E-state index contributed by atoms with van der Waals surface area (Å²) in [7, 11) is 1.54. The Kier molecular flexibility index (Phi) is 5.10. The molecule has 0 fully saturated rings. The minimum absolute atomic E-state index is 0.00747. The fraction of sp³-hybridized carbons (Fsp3) is 0.312. The summed E-state index contributed by atoms with van der Waals surface area (Å²) in [5.74, 6) is -1.91. The lowest BCUT2D eigenvalue weighted by Crippen LogP contribution is -2.34. The van der Waals surface area contributed by atoms with Crippen LogP contribution < -0.4 is 0 Å². The van der Waals surface area contributed by atoms with Crippen molar-refractivity contribution < 1.29 is 23.5 Å². The highest BCUT2D eigenvalue weighted by Gasteiger charge is 2.19. The standard InChI is InChI=1S/C16H17FN2O4/c1-10(16(21)22)8-19(2)14(20)7-13-9-23-15(18-13)11-3-5-12(17)6-4-11/h3-6,9-10H,7-8H2,1-2H3,(H,21,22). The summed E-state index contributed by atoms with van der Waals surface area (Å²) >= 11 is 0. The van der Waals surface area contributed by atoms with Crippen molar-refractivity contribution in [2.24, 2.45) is 5.92 Å². The van der Waals surface area contributed by atoms with E-state index in [0.29, 0.717) is 17.1 Å². The molecule has 1 N–H and O–H groups in total. The van der Waals surface area contributed by atoms with E-state index in [0.717, 1.165) is 0 Å². The zero-order valence-corrected chi connectivity index (χ0v) is 12.8. The predicted octanol–water partition coefficient (Wildman–Crippen LogP) is 2.20. The van der Waals surface area contributed by atoms with Gasteiger partial charge in [-0.05, 0) is 24.3 Å². The molecule has 0 saturated carbocycles. The molecule has 0 bridgehead atoms. The van der Waals surface area contributed by atoms with Crippen LogP contribution in [-0.2, 0) is 16.0 Å². The second kappa shape index (κ2) is 7.04. The molecule has 1 amide bonds. The first-order chi connectivity index (χ1) is 10.9. The number of carbonyl (C=O) groups excluding carboxylic acids is 1. The molecule has 23 heavy (non-hydrogen) atoms. The molecule has 0 saturated heterocycles. The van der Waals surface area contributed by atoms with Crippen molar-refractivity contribution in [3.63, 3.8) is 0 Å². The normalized spacial score (nSPS) is 12.0. The number of carboxylic acid groups (broad SMARTS) is 1. The first-order valence-corrected chi connectivity index (χ1v) is 7.04. The lowest BCUT2D eigenvalue weighted by Gasteiger charge is -2.18. The lowest BCUT2D eigenvalue weighted by atomic mass is 10.1. The van der Waals surface area contributed by atoms with Crippen molar-refractivity contribution in [1.82, 2.24) is 9.88 Å². The Hall–Kier alpha value is -2.70. The lowest BCUT2D eigenvalue weighted by molar-refractivity contribution is -0.142. The zero-order chi connectivity index (χ0) is 17.0. The molecule has 2 aromatic rings. The van der Waals surface area contributed by atoms with Gasteiger partial charge in [-0.15, -0.1) is 0 Å². The predicted molar refractivity (Wildman–Crippen MR) is 80.0 cm³/mol. The van der Waals surface area contributed by atoms with Crippen LogP contribution in [0.3, 0.4) is 0 Å². The maximum atomic E-state index is 12.9. The van der Waals surface area contributed by atoms with Gasteiger partial charge in [0.1, 0.15) is 12.1 Å². The minimum Gasteiger partial charge on any atom is -0.481 e. The van der Waals surface area contributed by atoms with Crippen LogP contribution in [0.2, 0.25) is 0 Å². The average Bonchev–Trinajstić information content (AvgIpc) is 2.96. The van der Waals surface area contributed by atoms with Crippen molar-refractivity contribution in [1.29, 1.82) is 0 Å². The molecule has 0 aliphatic heterocycles. The van der Waals surface area contributed by atoms with Crippen LogP contribution in [0.1, 0.15) is 12.6 Å². The summed E-state index contributed by atoms with van der Waals surface area (Å²) in [6, 6.07) is 5.66. The zero-order valence-electron chi connectivity index (χ0n) is 12.8. The third-order valence-electron chi connectivity index (χ3n) is 3.37. The Morgan fingerprint density at radius 1 is 1.35 bits per heavy atom. The number of amides is 1. The summed E-state index contributed by atoms with van der Waals surface area (Å²) in [6.45, 7) is 1.66. The Morgan fingerprint density at radius 3 is 2.61 bits per heavy atom. The van der Waals surface area contributed by atoms with Gasteiger partial charge in [-0.25, -0.2) is 9.37 Å². The van der Waals surface area contributed by atoms with Crippen LogP contribution in [0.5, 0.6) is 0 Å². The average molecular weight is 320 g/mol. The number of aliphatic carboxylic acids is 1. The van der Waals surface area contributed by atoms with E-state index in [4.69, 9.17) is 9.52 Å². The van der Waals surface area contributed by atoms with E-state index >= 15 is 0 Å². The molecule has 6 nitrogen and oxygen atoms in total. The topological polar surface area (TPSA) is 83.6 Å². The van der Waals surface area contributed by atoms with E-state index < -0.39 is 11.9 Å². The highest BCUT2D eigenvalue weighted by atomic mass is 19.1. The molecule has 0 aliphatic carbocycles. The van der Waals surface area contributed by atoms with E-state index in [-0.39, 0.29) is 24.7 Å². The van der Waals surface area contributed by atoms with Gasteiger partial charge in [0, 0.05) is 19.2 Å². The van der Waals surface area contributed by atoms with Crippen LogP contribution >= 0.6 is 0 Å². The van der Waals surface area contributed by atoms with Gasteiger partial charge in [-0.1, -0.05) is 6.92 Å². The molecule has 1 atom stereocenters. The molecule has 0 spiro atoms. The SMILES string of the molecule is CC(CN(C)C(=O)Cc1coc(-c2ccc(F)cc2)n1)C(=O)O. The molecule has 0 aliphatic rings. The largest absolute Gasteiger partial charge is 0.481 e. The van der Waals surface area contributed by atoms with E-state index in [1.54, 1.807) is 7.05 Å². The molecule has 1 aromatic heterocycles. The molecule has 1 aromatic carbocycles. The van der Waals surface area contributed by atoms with Gasteiger partial charge >= 0.3 is 5.97 Å². The fourth-order valence-corrected chi connectivity index (χ4v) is 1.99. The van der Waals surface area contributed by atoms with E-state index in [1.807, 2.05) is 0 Å². The van der Waals surface area contributed by atoms with Gasteiger partial charge in [0.25, 0.3) is 0 Å². The first-order valence-electron chi connectivity index (χ1n) is 7.04. The Bertz CT molecular complexity index is 696. The summed E-state index contributed by atoms with van der Waals surface area (Å²) in [5, 5.41) is 8.86. The van der Waals surface area contributed by atoms with Crippen LogP contribution in [0.15, 0.2) is 34.9 Å². The fourth-order valence-electron chi connectivity index (χ4n) is 1.99. The van der Waals surface area contributed by atoms with E-state index in [9.17, 15) is 14.0 Å². The number of hydrogen-bond acceptors (Lipinski definition) is 4. The first kappa shape index (κ1) is 16.7. The van der Waals surface area contributed by atoms with Crippen LogP contribution in [0.4, 0.5) is 4.39 Å². The second-order valence-electron chi connectivity index (χ2n) is 5.34. The van der Waals surface area contributed by atoms with E-state index in [1.165, 1.54) is 42.4 Å². The number of benzene rings is 1. The number of rotatable bonds is 6. The summed E-state index contributed by atoms with van der Waals surface area (Å²) in [5.41, 5.74) is 1.04. The number of halogens is 1. The van der Waals surface area contributed by atoms with Crippen molar-refractivity contribution in [3.05, 3.63) is 42.0 Å². The molecular weight excluding hydrogens is 303 g/mol. The molecule has 1 unspecified atom stereocenters. The highest BCUT2D eigenvalue weighted by molar-refractivity contribution is 5.79. The molecule has 7 heteroatoms. The number of carbonyl (C=O) groups is 2.